The van der Waals surface area contributed by atoms with Crippen LogP contribution in [-0.4, -0.2) is 20.9 Å². The lowest BCUT2D eigenvalue weighted by atomic mass is 10.3. The third-order valence-corrected chi connectivity index (χ3v) is 2.67. The van der Waals surface area contributed by atoms with E-state index < -0.39 is 10.0 Å². The van der Waals surface area contributed by atoms with Gasteiger partial charge in [-0.3, -0.25) is 10.1 Å². The van der Waals surface area contributed by atoms with Crippen LogP contribution in [0.3, 0.4) is 0 Å². The van der Waals surface area contributed by atoms with Gasteiger partial charge in [0, 0.05) is 19.1 Å². The summed E-state index contributed by atoms with van der Waals surface area (Å²) in [6.45, 7) is 3.43. The van der Waals surface area contributed by atoms with Gasteiger partial charge in [-0.25, -0.2) is 0 Å². The molecule has 0 fully saturated rings. The lowest BCUT2D eigenvalue weighted by Crippen LogP contribution is -2.27. The van der Waals surface area contributed by atoms with Crippen molar-refractivity contribution in [3.05, 3.63) is 34.4 Å². The summed E-state index contributed by atoms with van der Waals surface area (Å²) in [5, 5.41) is 18.8. The molecule has 0 amide bonds. The van der Waals surface area contributed by atoms with E-state index in [-0.39, 0.29) is 5.69 Å². The van der Waals surface area contributed by atoms with Crippen molar-refractivity contribution in [1.82, 2.24) is 0 Å². The molecule has 1 aromatic carbocycles. The number of hydrogen-bond acceptors (Lipinski definition) is 5. The first-order valence-corrected chi connectivity index (χ1v) is 5.73. The van der Waals surface area contributed by atoms with Crippen molar-refractivity contribution in [2.45, 2.75) is 19.0 Å². The Morgan fingerprint density at radius 1 is 1.50 bits per heavy atom. The number of benzene rings is 1. The van der Waals surface area contributed by atoms with Crippen molar-refractivity contribution >= 4 is 17.4 Å². The van der Waals surface area contributed by atoms with Crippen LogP contribution in [0, 0.1) is 10.1 Å². The molecular weight excluding hydrogens is 230 g/mol. The van der Waals surface area contributed by atoms with Crippen molar-refractivity contribution in [3.63, 3.8) is 0 Å². The molecule has 0 saturated carbocycles. The second-order valence-corrected chi connectivity index (χ2v) is 4.81. The molecule has 0 radical (unpaired) electrons. The molecule has 1 N–H and O–H groups in total. The van der Waals surface area contributed by atoms with Crippen LogP contribution in [0.5, 0.6) is 5.75 Å². The van der Waals surface area contributed by atoms with E-state index in [0.717, 1.165) is 0 Å². The summed E-state index contributed by atoms with van der Waals surface area (Å²) in [4.78, 5) is 9.93. The maximum absolute atomic E-state index is 10.4. The molecule has 1 rings (SSSR count). The van der Waals surface area contributed by atoms with Crippen LogP contribution in [0.4, 0.5) is 5.69 Å². The maximum Gasteiger partial charge on any atom is 0.269 e. The predicted octanol–water partition coefficient (Wildman–Crippen LogP) is 2.39. The number of ether oxygens (including phenoxy) is 1. The molecule has 0 aliphatic heterocycles. The van der Waals surface area contributed by atoms with Gasteiger partial charge in [-0.1, -0.05) is 18.7 Å². The van der Waals surface area contributed by atoms with Crippen LogP contribution in [0.15, 0.2) is 24.3 Å². The monoisotopic (exact) mass is 243 g/mol. The fourth-order valence-electron chi connectivity index (χ4n) is 1.15. The van der Waals surface area contributed by atoms with Gasteiger partial charge in [0.05, 0.1) is 4.92 Å². The van der Waals surface area contributed by atoms with Crippen LogP contribution >= 0.6 is 11.8 Å². The van der Waals surface area contributed by atoms with Gasteiger partial charge < -0.3 is 9.84 Å². The van der Waals surface area contributed by atoms with Crippen molar-refractivity contribution in [3.8, 4) is 5.75 Å². The standard InChI is InChI=1S/C10H13NO4S/c1-3-16-10(2,12)15-9-6-4-8(5-7-9)11(13)14/h4-7,12H,3H2,1-2H3. The molecule has 88 valence electrons. The molecule has 0 saturated heterocycles. The van der Waals surface area contributed by atoms with Crippen LogP contribution < -0.4 is 4.74 Å². The van der Waals surface area contributed by atoms with Crippen LogP contribution in [0.2, 0.25) is 0 Å². The Bertz CT molecular complexity index is 364. The minimum absolute atomic E-state index is 0.00450. The third kappa shape index (κ3) is 3.71. The average molecular weight is 243 g/mol. The average Bonchev–Trinajstić information content (AvgIpc) is 2.17. The molecule has 1 unspecified atom stereocenters. The second-order valence-electron chi connectivity index (χ2n) is 3.18. The minimum atomic E-state index is -1.31. The van der Waals surface area contributed by atoms with Crippen LogP contribution in [-0.2, 0) is 0 Å². The number of non-ortho nitro benzene ring substituents is 1. The highest BCUT2D eigenvalue weighted by molar-refractivity contribution is 8.00. The van der Waals surface area contributed by atoms with Crippen molar-refractivity contribution in [2.24, 2.45) is 0 Å². The normalized spacial score (nSPS) is 14.2. The highest BCUT2D eigenvalue weighted by Crippen LogP contribution is 2.27. The Kier molecular flexibility index (Phi) is 4.14. The summed E-state index contributed by atoms with van der Waals surface area (Å²) in [7, 11) is 0. The number of hydrogen-bond donors (Lipinski definition) is 1. The zero-order chi connectivity index (χ0) is 12.2. The Morgan fingerprint density at radius 2 is 2.06 bits per heavy atom. The summed E-state index contributed by atoms with van der Waals surface area (Å²) in [6, 6.07) is 5.59. The van der Waals surface area contributed by atoms with Gasteiger partial charge >= 0.3 is 0 Å². The second kappa shape index (κ2) is 5.18. The van der Waals surface area contributed by atoms with Gasteiger partial charge in [0.1, 0.15) is 5.75 Å². The summed E-state index contributed by atoms with van der Waals surface area (Å²) >= 11 is 1.24. The first-order valence-electron chi connectivity index (χ1n) is 4.74. The number of nitro benzene ring substituents is 1. The summed E-state index contributed by atoms with van der Waals surface area (Å²) in [6.07, 6.45) is 0. The topological polar surface area (TPSA) is 72.6 Å². The molecule has 16 heavy (non-hydrogen) atoms. The van der Waals surface area contributed by atoms with Crippen molar-refractivity contribution < 1.29 is 14.8 Å². The Hall–Kier alpha value is -1.27. The van der Waals surface area contributed by atoms with Gasteiger partial charge in [0.2, 0.25) is 0 Å². The lowest BCUT2D eigenvalue weighted by Gasteiger charge is -2.23. The Balaban J connectivity index is 2.72. The number of rotatable bonds is 5. The zero-order valence-corrected chi connectivity index (χ0v) is 9.86. The minimum Gasteiger partial charge on any atom is -0.453 e. The molecule has 0 aliphatic rings. The molecule has 0 spiro atoms. The van der Waals surface area contributed by atoms with Crippen molar-refractivity contribution in [1.29, 1.82) is 0 Å². The third-order valence-electron chi connectivity index (χ3n) is 1.77. The molecule has 1 aromatic rings. The summed E-state index contributed by atoms with van der Waals surface area (Å²) in [5.41, 5.74) is -0.00450. The van der Waals surface area contributed by atoms with E-state index in [9.17, 15) is 15.2 Å². The van der Waals surface area contributed by atoms with Gasteiger partial charge in [0.25, 0.3) is 10.8 Å². The number of nitro groups is 1. The predicted molar refractivity (Wildman–Crippen MR) is 62.5 cm³/mol. The summed E-state index contributed by atoms with van der Waals surface area (Å²) in [5.74, 6) is 1.11. The van der Waals surface area contributed by atoms with E-state index in [0.29, 0.717) is 11.5 Å². The Labute approximate surface area is 97.6 Å². The molecule has 5 nitrogen and oxygen atoms in total. The van der Waals surface area contributed by atoms with E-state index in [4.69, 9.17) is 4.74 Å². The highest BCUT2D eigenvalue weighted by atomic mass is 32.2. The van der Waals surface area contributed by atoms with Gasteiger partial charge in [-0.05, 0) is 17.9 Å². The number of thioether (sulfide) groups is 1. The maximum atomic E-state index is 10.4. The Morgan fingerprint density at radius 3 is 2.50 bits per heavy atom. The molecule has 0 aliphatic carbocycles. The van der Waals surface area contributed by atoms with E-state index in [1.807, 2.05) is 6.92 Å². The van der Waals surface area contributed by atoms with Crippen molar-refractivity contribution in [2.75, 3.05) is 5.75 Å². The molecule has 0 heterocycles. The number of nitrogens with zero attached hydrogens (tertiary/aromatic N) is 1. The number of aliphatic hydroxyl groups is 1. The molecule has 1 atom stereocenters. The van der Waals surface area contributed by atoms with E-state index in [2.05, 4.69) is 0 Å². The zero-order valence-electron chi connectivity index (χ0n) is 9.04. The molecule has 0 bridgehead atoms. The fourth-order valence-corrected chi connectivity index (χ4v) is 1.84. The van der Waals surface area contributed by atoms with E-state index in [1.54, 1.807) is 0 Å². The largest absolute Gasteiger partial charge is 0.453 e. The quantitative estimate of drug-likeness (QED) is 0.488. The first kappa shape index (κ1) is 12.8. The van der Waals surface area contributed by atoms with Gasteiger partial charge in [0.15, 0.2) is 0 Å². The fraction of sp³-hybridized carbons (Fsp3) is 0.400. The lowest BCUT2D eigenvalue weighted by molar-refractivity contribution is -0.384. The van der Waals surface area contributed by atoms with E-state index in [1.165, 1.54) is 43.0 Å². The molecule has 6 heteroatoms. The van der Waals surface area contributed by atoms with Gasteiger partial charge in [-0.2, -0.15) is 0 Å². The van der Waals surface area contributed by atoms with E-state index >= 15 is 0 Å². The molecule has 0 aromatic heterocycles. The van der Waals surface area contributed by atoms with Crippen LogP contribution in [0.25, 0.3) is 0 Å². The van der Waals surface area contributed by atoms with Gasteiger partial charge in [-0.15, -0.1) is 0 Å². The molecular formula is C10H13NO4S. The summed E-state index contributed by atoms with van der Waals surface area (Å²) < 4.78 is 5.27. The van der Waals surface area contributed by atoms with Crippen LogP contribution in [0.1, 0.15) is 13.8 Å². The highest BCUT2D eigenvalue weighted by Gasteiger charge is 2.22. The first-order chi connectivity index (χ1) is 7.44. The smallest absolute Gasteiger partial charge is 0.269 e. The SMILES string of the molecule is CCSC(C)(O)Oc1ccc([N+](=O)[O-])cc1.